The summed E-state index contributed by atoms with van der Waals surface area (Å²) in [6, 6.07) is 11.0. The number of hydrogen-bond acceptors (Lipinski definition) is 5. The number of carbonyl (C=O) groups is 1. The van der Waals surface area contributed by atoms with Gasteiger partial charge in [0.15, 0.2) is 11.7 Å². The lowest BCUT2D eigenvalue weighted by Crippen LogP contribution is -2.12. The molecule has 24 heavy (non-hydrogen) atoms. The standard InChI is InChI=1S/C18H17N3O3/c1-23-15-4-2-13(3-5-15)16-12-20-18(24-16)7-6-17(22)21-14-8-10-19-11-9-14/h2-5,8-12H,6-7H2,1H3,(H,19,21,22). The van der Waals surface area contributed by atoms with Crippen LogP contribution in [0.3, 0.4) is 0 Å². The van der Waals surface area contributed by atoms with Crippen LogP contribution in [-0.2, 0) is 11.2 Å². The van der Waals surface area contributed by atoms with Crippen molar-refractivity contribution in [3.63, 3.8) is 0 Å². The second-order valence-electron chi connectivity index (χ2n) is 5.13. The summed E-state index contributed by atoms with van der Waals surface area (Å²) in [5, 5.41) is 2.80. The predicted octanol–water partition coefficient (Wildman–Crippen LogP) is 3.32. The van der Waals surface area contributed by atoms with Crippen LogP contribution in [0.15, 0.2) is 59.4 Å². The number of pyridine rings is 1. The van der Waals surface area contributed by atoms with Gasteiger partial charge in [0.2, 0.25) is 5.91 Å². The highest BCUT2D eigenvalue weighted by Gasteiger charge is 2.09. The lowest BCUT2D eigenvalue weighted by atomic mass is 10.2. The Balaban J connectivity index is 1.56. The summed E-state index contributed by atoms with van der Waals surface area (Å²) in [7, 11) is 1.62. The Kier molecular flexibility index (Phi) is 4.86. The van der Waals surface area contributed by atoms with Crippen molar-refractivity contribution in [3.05, 3.63) is 60.9 Å². The largest absolute Gasteiger partial charge is 0.497 e. The second-order valence-corrected chi connectivity index (χ2v) is 5.13. The van der Waals surface area contributed by atoms with E-state index in [0.717, 1.165) is 17.0 Å². The van der Waals surface area contributed by atoms with Gasteiger partial charge in [0.05, 0.1) is 13.3 Å². The second kappa shape index (κ2) is 7.41. The average molecular weight is 323 g/mol. The van der Waals surface area contributed by atoms with Gasteiger partial charge in [0, 0.05) is 36.5 Å². The molecule has 0 radical (unpaired) electrons. The fourth-order valence-electron chi connectivity index (χ4n) is 2.19. The minimum atomic E-state index is -0.0922. The summed E-state index contributed by atoms with van der Waals surface area (Å²) < 4.78 is 10.8. The zero-order chi connectivity index (χ0) is 16.8. The third-order valence-electron chi connectivity index (χ3n) is 3.46. The fraction of sp³-hybridized carbons (Fsp3) is 0.167. The molecule has 2 aromatic heterocycles. The number of nitrogens with zero attached hydrogens (tertiary/aromatic N) is 2. The summed E-state index contributed by atoms with van der Waals surface area (Å²) in [5.74, 6) is 1.89. The Morgan fingerprint density at radius 2 is 1.92 bits per heavy atom. The maximum Gasteiger partial charge on any atom is 0.224 e. The lowest BCUT2D eigenvalue weighted by molar-refractivity contribution is -0.116. The van der Waals surface area contributed by atoms with E-state index in [2.05, 4.69) is 15.3 Å². The quantitative estimate of drug-likeness (QED) is 0.753. The van der Waals surface area contributed by atoms with Crippen molar-refractivity contribution in [3.8, 4) is 17.1 Å². The highest BCUT2D eigenvalue weighted by molar-refractivity contribution is 5.90. The van der Waals surface area contributed by atoms with Gasteiger partial charge >= 0.3 is 0 Å². The number of aryl methyl sites for hydroxylation is 1. The molecule has 2 heterocycles. The molecule has 0 aliphatic rings. The number of ether oxygens (including phenoxy) is 1. The van der Waals surface area contributed by atoms with Gasteiger partial charge in [-0.3, -0.25) is 9.78 Å². The molecule has 3 aromatic rings. The lowest BCUT2D eigenvalue weighted by Gasteiger charge is -2.03. The van der Waals surface area contributed by atoms with Gasteiger partial charge in [0.25, 0.3) is 0 Å². The number of hydrogen-bond donors (Lipinski definition) is 1. The van der Waals surface area contributed by atoms with Crippen LogP contribution in [0.2, 0.25) is 0 Å². The Labute approximate surface area is 139 Å². The predicted molar refractivity (Wildman–Crippen MR) is 89.7 cm³/mol. The molecule has 0 aliphatic carbocycles. The number of carbonyl (C=O) groups excluding carboxylic acids is 1. The van der Waals surface area contributed by atoms with Gasteiger partial charge in [-0.15, -0.1) is 0 Å². The molecule has 0 bridgehead atoms. The molecule has 0 atom stereocenters. The van der Waals surface area contributed by atoms with E-state index in [1.54, 1.807) is 37.8 Å². The van der Waals surface area contributed by atoms with Gasteiger partial charge in [0.1, 0.15) is 5.75 Å². The molecular formula is C18H17N3O3. The number of oxazole rings is 1. The zero-order valence-corrected chi connectivity index (χ0v) is 13.2. The molecule has 0 saturated heterocycles. The van der Waals surface area contributed by atoms with Crippen LogP contribution >= 0.6 is 0 Å². The maximum absolute atomic E-state index is 11.9. The molecule has 0 unspecified atom stereocenters. The van der Waals surface area contributed by atoms with E-state index in [1.807, 2.05) is 24.3 Å². The van der Waals surface area contributed by atoms with Gasteiger partial charge in [-0.2, -0.15) is 0 Å². The number of methoxy groups -OCH3 is 1. The van der Waals surface area contributed by atoms with Crippen molar-refractivity contribution in [2.24, 2.45) is 0 Å². The average Bonchev–Trinajstić information content (AvgIpc) is 3.10. The Morgan fingerprint density at radius 1 is 1.17 bits per heavy atom. The van der Waals surface area contributed by atoms with E-state index in [9.17, 15) is 4.79 Å². The van der Waals surface area contributed by atoms with E-state index in [4.69, 9.17) is 9.15 Å². The van der Waals surface area contributed by atoms with Crippen LogP contribution in [-0.4, -0.2) is 23.0 Å². The number of anilines is 1. The van der Waals surface area contributed by atoms with E-state index in [0.29, 0.717) is 24.5 Å². The minimum Gasteiger partial charge on any atom is -0.497 e. The summed E-state index contributed by atoms with van der Waals surface area (Å²) in [5.41, 5.74) is 1.64. The normalized spacial score (nSPS) is 10.4. The Bertz CT molecular complexity index is 798. The zero-order valence-electron chi connectivity index (χ0n) is 13.2. The van der Waals surface area contributed by atoms with Crippen molar-refractivity contribution in [2.45, 2.75) is 12.8 Å². The number of nitrogens with one attached hydrogen (secondary N) is 1. The van der Waals surface area contributed by atoms with Crippen molar-refractivity contribution in [1.29, 1.82) is 0 Å². The van der Waals surface area contributed by atoms with Crippen molar-refractivity contribution in [2.75, 3.05) is 12.4 Å². The van der Waals surface area contributed by atoms with Crippen LogP contribution in [0.25, 0.3) is 11.3 Å². The van der Waals surface area contributed by atoms with Crippen LogP contribution in [0, 0.1) is 0 Å². The van der Waals surface area contributed by atoms with Gasteiger partial charge < -0.3 is 14.5 Å². The van der Waals surface area contributed by atoms with Crippen molar-refractivity contribution < 1.29 is 13.9 Å². The molecule has 3 rings (SSSR count). The molecule has 0 aliphatic heterocycles. The topological polar surface area (TPSA) is 77.2 Å². The SMILES string of the molecule is COc1ccc(-c2cnc(CCC(=O)Nc3ccncc3)o2)cc1. The molecule has 0 saturated carbocycles. The number of amides is 1. The minimum absolute atomic E-state index is 0.0922. The first-order valence-corrected chi connectivity index (χ1v) is 7.53. The third-order valence-corrected chi connectivity index (χ3v) is 3.46. The highest BCUT2D eigenvalue weighted by Crippen LogP contribution is 2.23. The molecule has 122 valence electrons. The van der Waals surface area contributed by atoms with Crippen LogP contribution in [0.4, 0.5) is 5.69 Å². The fourth-order valence-corrected chi connectivity index (χ4v) is 2.19. The maximum atomic E-state index is 11.9. The molecular weight excluding hydrogens is 306 g/mol. The van der Waals surface area contributed by atoms with Gasteiger partial charge in [-0.1, -0.05) is 0 Å². The summed E-state index contributed by atoms with van der Waals surface area (Å²) in [4.78, 5) is 20.0. The first-order chi connectivity index (χ1) is 11.7. The van der Waals surface area contributed by atoms with E-state index < -0.39 is 0 Å². The molecule has 1 aromatic carbocycles. The smallest absolute Gasteiger partial charge is 0.224 e. The Hall–Kier alpha value is -3.15. The summed E-state index contributed by atoms with van der Waals surface area (Å²) in [6.07, 6.45) is 5.66. The van der Waals surface area contributed by atoms with Gasteiger partial charge in [-0.05, 0) is 36.4 Å². The molecule has 0 fully saturated rings. The summed E-state index contributed by atoms with van der Waals surface area (Å²) >= 11 is 0. The number of aromatic nitrogens is 2. The first-order valence-electron chi connectivity index (χ1n) is 7.53. The molecule has 1 N–H and O–H groups in total. The van der Waals surface area contributed by atoms with E-state index in [1.165, 1.54) is 0 Å². The Morgan fingerprint density at radius 3 is 2.62 bits per heavy atom. The van der Waals surface area contributed by atoms with E-state index >= 15 is 0 Å². The number of benzene rings is 1. The van der Waals surface area contributed by atoms with Gasteiger partial charge in [-0.25, -0.2) is 4.98 Å². The van der Waals surface area contributed by atoms with Crippen LogP contribution < -0.4 is 10.1 Å². The van der Waals surface area contributed by atoms with E-state index in [-0.39, 0.29) is 5.91 Å². The first kappa shape index (κ1) is 15.7. The van der Waals surface area contributed by atoms with Crippen LogP contribution in [0.1, 0.15) is 12.3 Å². The summed E-state index contributed by atoms with van der Waals surface area (Å²) in [6.45, 7) is 0. The molecule has 6 nitrogen and oxygen atoms in total. The highest BCUT2D eigenvalue weighted by atomic mass is 16.5. The monoisotopic (exact) mass is 323 g/mol. The third kappa shape index (κ3) is 3.98. The molecule has 0 spiro atoms. The number of rotatable bonds is 6. The molecule has 6 heteroatoms. The molecule has 1 amide bonds. The van der Waals surface area contributed by atoms with Crippen LogP contribution in [0.5, 0.6) is 5.75 Å². The van der Waals surface area contributed by atoms with Crippen molar-refractivity contribution in [1.82, 2.24) is 9.97 Å². The van der Waals surface area contributed by atoms with Crippen molar-refractivity contribution >= 4 is 11.6 Å².